The molecule has 0 fully saturated rings. The fraction of sp³-hybridized carbons (Fsp3) is 0.556. The van der Waals surface area contributed by atoms with Crippen molar-refractivity contribution >= 4 is 0 Å². The first-order valence-electron chi connectivity index (χ1n) is 12.4. The predicted octanol–water partition coefficient (Wildman–Crippen LogP) is 4.40. The molecule has 0 aliphatic carbocycles. The SMILES string of the molecule is CCc1c(CCNCCCC(C)CCNCCc2ccc(O)c(O)c2CC)ccc(O)c1O. The average Bonchev–Trinajstić information content (AvgIpc) is 2.80. The molecule has 0 heterocycles. The number of hydrogen-bond acceptors (Lipinski definition) is 6. The summed E-state index contributed by atoms with van der Waals surface area (Å²) in [5.74, 6) is 0.604. The van der Waals surface area contributed by atoms with Crippen molar-refractivity contribution in [2.75, 3.05) is 26.2 Å². The summed E-state index contributed by atoms with van der Waals surface area (Å²) >= 11 is 0. The van der Waals surface area contributed by atoms with Gasteiger partial charge in [-0.15, -0.1) is 0 Å². The van der Waals surface area contributed by atoms with Crippen LogP contribution in [0.4, 0.5) is 0 Å². The Bertz CT molecular complexity index is 870. The van der Waals surface area contributed by atoms with Crippen LogP contribution >= 0.6 is 0 Å². The molecule has 2 rings (SSSR count). The van der Waals surface area contributed by atoms with Gasteiger partial charge in [0.2, 0.25) is 0 Å². The Kier molecular flexibility index (Phi) is 11.3. The third kappa shape index (κ3) is 8.13. The molecule has 184 valence electrons. The second-order valence-corrected chi connectivity index (χ2v) is 8.89. The molecule has 0 spiro atoms. The minimum Gasteiger partial charge on any atom is -0.504 e. The molecule has 0 aliphatic heterocycles. The second kappa shape index (κ2) is 14.0. The third-order valence-corrected chi connectivity index (χ3v) is 6.43. The van der Waals surface area contributed by atoms with Crippen LogP contribution < -0.4 is 10.6 Å². The molecule has 2 aromatic rings. The van der Waals surface area contributed by atoms with Crippen LogP contribution in [0.2, 0.25) is 0 Å². The van der Waals surface area contributed by atoms with Crippen LogP contribution in [0.15, 0.2) is 24.3 Å². The molecule has 1 atom stereocenters. The molecule has 0 aliphatic rings. The van der Waals surface area contributed by atoms with Crippen LogP contribution in [-0.4, -0.2) is 46.6 Å². The van der Waals surface area contributed by atoms with E-state index in [9.17, 15) is 20.4 Å². The van der Waals surface area contributed by atoms with Crippen molar-refractivity contribution < 1.29 is 20.4 Å². The minimum atomic E-state index is -0.0442. The molecule has 0 bridgehead atoms. The van der Waals surface area contributed by atoms with E-state index in [4.69, 9.17) is 0 Å². The number of hydrogen-bond donors (Lipinski definition) is 6. The molecular weight excluding hydrogens is 416 g/mol. The number of phenols is 4. The zero-order valence-corrected chi connectivity index (χ0v) is 20.5. The standard InChI is InChI=1S/C27H42N2O4/c1-4-22-20(8-10-24(30)26(22)32)13-17-28-15-6-7-19(3)12-16-29-18-14-21-9-11-25(31)27(33)23(21)5-2/h8-11,19,28-33H,4-7,12-18H2,1-3H3. The van der Waals surface area contributed by atoms with Crippen molar-refractivity contribution in [2.24, 2.45) is 5.92 Å². The van der Waals surface area contributed by atoms with Crippen LogP contribution in [0.1, 0.15) is 62.3 Å². The van der Waals surface area contributed by atoms with Crippen molar-refractivity contribution in [3.05, 3.63) is 46.5 Å². The summed E-state index contributed by atoms with van der Waals surface area (Å²) in [6.07, 6.45) is 6.54. The largest absolute Gasteiger partial charge is 0.504 e. The minimum absolute atomic E-state index is 0.0178. The lowest BCUT2D eigenvalue weighted by Crippen LogP contribution is -2.22. The molecule has 6 N–H and O–H groups in total. The summed E-state index contributed by atoms with van der Waals surface area (Å²) < 4.78 is 0. The maximum absolute atomic E-state index is 10.00. The molecular formula is C27H42N2O4. The van der Waals surface area contributed by atoms with Gasteiger partial charge in [-0.2, -0.15) is 0 Å². The van der Waals surface area contributed by atoms with Gasteiger partial charge in [0.1, 0.15) is 0 Å². The van der Waals surface area contributed by atoms with Gasteiger partial charge in [-0.25, -0.2) is 0 Å². The first-order chi connectivity index (χ1) is 15.9. The van der Waals surface area contributed by atoms with Gasteiger partial charge in [0.25, 0.3) is 0 Å². The van der Waals surface area contributed by atoms with E-state index < -0.39 is 0 Å². The molecule has 0 aromatic heterocycles. The number of rotatable bonds is 15. The highest BCUT2D eigenvalue weighted by molar-refractivity contribution is 5.49. The first kappa shape index (κ1) is 26.8. The summed E-state index contributed by atoms with van der Waals surface area (Å²) in [7, 11) is 0. The van der Waals surface area contributed by atoms with E-state index in [1.807, 2.05) is 26.0 Å². The van der Waals surface area contributed by atoms with Crippen LogP contribution in [0.25, 0.3) is 0 Å². The summed E-state index contributed by atoms with van der Waals surface area (Å²) in [6.45, 7) is 9.95. The summed E-state index contributed by atoms with van der Waals surface area (Å²) in [5, 5.41) is 46.3. The number of aromatic hydroxyl groups is 4. The first-order valence-corrected chi connectivity index (χ1v) is 12.4. The van der Waals surface area contributed by atoms with Crippen molar-refractivity contribution in [3.63, 3.8) is 0 Å². The molecule has 0 saturated heterocycles. The van der Waals surface area contributed by atoms with Gasteiger partial charge >= 0.3 is 0 Å². The average molecular weight is 459 g/mol. The highest BCUT2D eigenvalue weighted by atomic mass is 16.3. The number of nitrogens with one attached hydrogen (secondary N) is 2. The Morgan fingerprint density at radius 3 is 1.64 bits per heavy atom. The van der Waals surface area contributed by atoms with Crippen LogP contribution in [0.3, 0.4) is 0 Å². The van der Waals surface area contributed by atoms with E-state index in [0.717, 1.165) is 74.1 Å². The van der Waals surface area contributed by atoms with Crippen LogP contribution in [0.5, 0.6) is 23.0 Å². The maximum Gasteiger partial charge on any atom is 0.160 e. The van der Waals surface area contributed by atoms with Crippen molar-refractivity contribution in [3.8, 4) is 23.0 Å². The monoisotopic (exact) mass is 458 g/mol. The van der Waals surface area contributed by atoms with Gasteiger partial charge < -0.3 is 31.1 Å². The number of benzene rings is 2. The lowest BCUT2D eigenvalue weighted by Gasteiger charge is -2.14. The molecule has 0 saturated carbocycles. The van der Waals surface area contributed by atoms with E-state index in [0.29, 0.717) is 18.8 Å². The van der Waals surface area contributed by atoms with Gasteiger partial charge in [0.05, 0.1) is 0 Å². The van der Waals surface area contributed by atoms with Crippen molar-refractivity contribution in [1.29, 1.82) is 0 Å². The molecule has 6 nitrogen and oxygen atoms in total. The lowest BCUT2D eigenvalue weighted by atomic mass is 10.00. The summed E-state index contributed by atoms with van der Waals surface area (Å²) in [6, 6.07) is 6.94. The van der Waals surface area contributed by atoms with E-state index in [2.05, 4.69) is 17.6 Å². The van der Waals surface area contributed by atoms with Crippen LogP contribution in [-0.2, 0) is 25.7 Å². The zero-order chi connectivity index (χ0) is 24.2. The Labute approximate surface area is 198 Å². The topological polar surface area (TPSA) is 105 Å². The second-order valence-electron chi connectivity index (χ2n) is 8.89. The molecule has 6 heteroatoms. The highest BCUT2D eigenvalue weighted by Crippen LogP contribution is 2.32. The molecule has 0 radical (unpaired) electrons. The van der Waals surface area contributed by atoms with Crippen LogP contribution in [0, 0.1) is 5.92 Å². The maximum atomic E-state index is 10.00. The summed E-state index contributed by atoms with van der Waals surface area (Å²) in [4.78, 5) is 0. The quantitative estimate of drug-likeness (QED) is 0.175. The zero-order valence-electron chi connectivity index (χ0n) is 20.5. The molecule has 33 heavy (non-hydrogen) atoms. The van der Waals surface area contributed by atoms with Crippen molar-refractivity contribution in [1.82, 2.24) is 10.6 Å². The van der Waals surface area contributed by atoms with E-state index in [-0.39, 0.29) is 23.0 Å². The predicted molar refractivity (Wildman–Crippen MR) is 134 cm³/mol. The highest BCUT2D eigenvalue weighted by Gasteiger charge is 2.11. The Morgan fingerprint density at radius 2 is 1.15 bits per heavy atom. The van der Waals surface area contributed by atoms with Gasteiger partial charge in [-0.1, -0.05) is 32.9 Å². The Balaban J connectivity index is 1.56. The Hall–Kier alpha value is -2.44. The van der Waals surface area contributed by atoms with Gasteiger partial charge in [0, 0.05) is 11.1 Å². The third-order valence-electron chi connectivity index (χ3n) is 6.43. The fourth-order valence-electron chi connectivity index (χ4n) is 4.35. The lowest BCUT2D eigenvalue weighted by molar-refractivity contribution is 0.398. The van der Waals surface area contributed by atoms with Crippen molar-refractivity contribution in [2.45, 2.75) is 65.7 Å². The molecule has 0 amide bonds. The number of phenolic OH excluding ortho intramolecular Hbond substituents is 4. The smallest absolute Gasteiger partial charge is 0.160 e. The Morgan fingerprint density at radius 1 is 0.667 bits per heavy atom. The molecule has 1 unspecified atom stereocenters. The van der Waals surface area contributed by atoms with E-state index >= 15 is 0 Å². The molecule has 2 aromatic carbocycles. The van der Waals surface area contributed by atoms with E-state index in [1.165, 1.54) is 6.42 Å². The van der Waals surface area contributed by atoms with E-state index in [1.54, 1.807) is 12.1 Å². The summed E-state index contributed by atoms with van der Waals surface area (Å²) in [5.41, 5.74) is 3.86. The van der Waals surface area contributed by atoms with Gasteiger partial charge in [0.15, 0.2) is 23.0 Å². The van der Waals surface area contributed by atoms with Gasteiger partial charge in [-0.05, 0) is 100 Å². The van der Waals surface area contributed by atoms with Gasteiger partial charge in [-0.3, -0.25) is 0 Å². The fourth-order valence-corrected chi connectivity index (χ4v) is 4.35. The normalized spacial score (nSPS) is 12.2.